The Hall–Kier alpha value is -1.29. The van der Waals surface area contributed by atoms with Crippen LogP contribution in [-0.2, 0) is 4.74 Å². The van der Waals surface area contributed by atoms with Gasteiger partial charge in [-0.1, -0.05) is 39.0 Å². The molecule has 1 unspecified atom stereocenters. The summed E-state index contributed by atoms with van der Waals surface area (Å²) in [4.78, 5) is 13.6. The summed E-state index contributed by atoms with van der Waals surface area (Å²) >= 11 is 0. The second kappa shape index (κ2) is 11.5. The average molecular weight is 282 g/mol. The Balaban J connectivity index is 0.00000172. The van der Waals surface area contributed by atoms with Crippen LogP contribution in [-0.4, -0.2) is 43.8 Å². The first kappa shape index (κ1) is 18.7. The lowest BCUT2D eigenvalue weighted by molar-refractivity contribution is 0.119. The Kier molecular flexibility index (Phi) is 10.8. The molecule has 0 radical (unpaired) electrons. The minimum Gasteiger partial charge on any atom is -0.445 e. The second-order valence-electron chi connectivity index (χ2n) is 4.46. The largest absolute Gasteiger partial charge is 0.445 e. The highest BCUT2D eigenvalue weighted by Gasteiger charge is 2.25. The maximum Gasteiger partial charge on any atom is 0.410 e. The van der Waals surface area contributed by atoms with Crippen LogP contribution < -0.4 is 5.32 Å². The minimum atomic E-state index is -0.209. The summed E-state index contributed by atoms with van der Waals surface area (Å²) in [5.74, 6) is 0. The molecule has 4 heteroatoms. The highest BCUT2D eigenvalue weighted by atomic mass is 16.6. The number of hydrogen-bond acceptors (Lipinski definition) is 3. The zero-order valence-corrected chi connectivity index (χ0v) is 13.6. The number of likely N-dealkylation sites (tertiary alicyclic amines) is 1. The summed E-state index contributed by atoms with van der Waals surface area (Å²) in [7, 11) is 1.92. The van der Waals surface area contributed by atoms with Gasteiger partial charge in [0, 0.05) is 19.1 Å². The summed E-state index contributed by atoms with van der Waals surface area (Å²) in [6, 6.07) is 0.402. The predicted molar refractivity (Wildman–Crippen MR) is 84.9 cm³/mol. The third kappa shape index (κ3) is 6.75. The summed E-state index contributed by atoms with van der Waals surface area (Å²) in [6.45, 7) is 9.91. The highest BCUT2D eigenvalue weighted by Crippen LogP contribution is 2.11. The Labute approximate surface area is 123 Å². The molecule has 4 nitrogen and oxygen atoms in total. The monoisotopic (exact) mass is 282 g/mol. The van der Waals surface area contributed by atoms with Crippen molar-refractivity contribution in [2.24, 2.45) is 0 Å². The smallest absolute Gasteiger partial charge is 0.410 e. The molecular formula is C16H30N2O2. The molecule has 0 spiro atoms. The molecule has 20 heavy (non-hydrogen) atoms. The van der Waals surface area contributed by atoms with Gasteiger partial charge in [-0.15, -0.1) is 0 Å². The lowest BCUT2D eigenvalue weighted by Crippen LogP contribution is -2.34. The van der Waals surface area contributed by atoms with Gasteiger partial charge in [0.25, 0.3) is 0 Å². The molecule has 0 aromatic carbocycles. The molecule has 0 bridgehead atoms. The molecule has 0 aromatic rings. The number of allylic oxidation sites excluding steroid dienone is 2. The van der Waals surface area contributed by atoms with Crippen molar-refractivity contribution in [1.82, 2.24) is 10.2 Å². The third-order valence-electron chi connectivity index (χ3n) is 3.06. The first-order valence-electron chi connectivity index (χ1n) is 7.62. The zero-order valence-electron chi connectivity index (χ0n) is 13.6. The zero-order chi connectivity index (χ0) is 15.4. The maximum atomic E-state index is 11.8. The van der Waals surface area contributed by atoms with Gasteiger partial charge < -0.3 is 15.0 Å². The lowest BCUT2D eigenvalue weighted by Gasteiger charge is -2.16. The Bertz CT molecular complexity index is 324. The molecule has 1 N–H and O–H groups in total. The van der Waals surface area contributed by atoms with Crippen LogP contribution in [0, 0.1) is 0 Å². The van der Waals surface area contributed by atoms with E-state index in [4.69, 9.17) is 4.74 Å². The first-order valence-corrected chi connectivity index (χ1v) is 7.62. The van der Waals surface area contributed by atoms with Gasteiger partial charge in [-0.3, -0.25) is 0 Å². The van der Waals surface area contributed by atoms with Crippen molar-refractivity contribution in [3.63, 3.8) is 0 Å². The van der Waals surface area contributed by atoms with Gasteiger partial charge in [0.1, 0.15) is 6.61 Å². The van der Waals surface area contributed by atoms with Crippen molar-refractivity contribution in [3.8, 4) is 0 Å². The van der Waals surface area contributed by atoms with Crippen LogP contribution in [0.15, 0.2) is 23.8 Å². The van der Waals surface area contributed by atoms with Gasteiger partial charge in [0.05, 0.1) is 0 Å². The highest BCUT2D eigenvalue weighted by molar-refractivity contribution is 5.68. The summed E-state index contributed by atoms with van der Waals surface area (Å²) in [6.07, 6.45) is 7.76. The topological polar surface area (TPSA) is 41.6 Å². The molecule has 1 amide bonds. The van der Waals surface area contributed by atoms with Crippen molar-refractivity contribution in [1.29, 1.82) is 0 Å². The standard InChI is InChI=1S/C14H24N2O2.C2H6/c1-4-6-12(7-5-2)11-18-14(17)16-9-8-13(10-16)15-3;1-2/h4,6-7,13,15H,5,8-11H2,1-3H3;1-2H3/b6-4-,12-7+;. The van der Waals surface area contributed by atoms with Crippen molar-refractivity contribution >= 4 is 6.09 Å². The molecule has 1 fully saturated rings. The number of rotatable bonds is 5. The predicted octanol–water partition coefficient (Wildman–Crippen LogP) is 3.36. The van der Waals surface area contributed by atoms with Crippen molar-refractivity contribution in [2.45, 2.75) is 46.6 Å². The minimum absolute atomic E-state index is 0.209. The van der Waals surface area contributed by atoms with Gasteiger partial charge >= 0.3 is 6.09 Å². The maximum absolute atomic E-state index is 11.8. The third-order valence-corrected chi connectivity index (χ3v) is 3.06. The fraction of sp³-hybridized carbons (Fsp3) is 0.688. The average Bonchev–Trinajstić information content (AvgIpc) is 2.96. The number of nitrogens with one attached hydrogen (secondary N) is 1. The van der Waals surface area contributed by atoms with E-state index in [-0.39, 0.29) is 6.09 Å². The molecule has 1 rings (SSSR count). The van der Waals surface area contributed by atoms with E-state index in [0.29, 0.717) is 12.6 Å². The molecule has 1 atom stereocenters. The van der Waals surface area contributed by atoms with Crippen LogP contribution in [0.3, 0.4) is 0 Å². The summed E-state index contributed by atoms with van der Waals surface area (Å²) in [5, 5.41) is 3.18. The van der Waals surface area contributed by atoms with E-state index in [2.05, 4.69) is 18.3 Å². The van der Waals surface area contributed by atoms with Crippen molar-refractivity contribution in [2.75, 3.05) is 26.7 Å². The van der Waals surface area contributed by atoms with E-state index in [0.717, 1.165) is 31.5 Å². The van der Waals surface area contributed by atoms with E-state index in [9.17, 15) is 4.79 Å². The van der Waals surface area contributed by atoms with E-state index in [1.807, 2.05) is 40.0 Å². The number of likely N-dealkylation sites (N-methyl/N-ethyl adjacent to an activating group) is 1. The van der Waals surface area contributed by atoms with Crippen LogP contribution in [0.4, 0.5) is 4.79 Å². The normalized spacial score (nSPS) is 18.9. The Morgan fingerprint density at radius 1 is 1.45 bits per heavy atom. The molecule has 116 valence electrons. The van der Waals surface area contributed by atoms with Crippen molar-refractivity contribution in [3.05, 3.63) is 23.8 Å². The van der Waals surface area contributed by atoms with Crippen molar-refractivity contribution < 1.29 is 9.53 Å². The molecule has 0 saturated carbocycles. The molecule has 0 aromatic heterocycles. The van der Waals surface area contributed by atoms with Crippen LogP contribution in [0.1, 0.15) is 40.5 Å². The van der Waals surface area contributed by atoms with Crippen LogP contribution in [0.2, 0.25) is 0 Å². The van der Waals surface area contributed by atoms with Gasteiger partial charge in [0.15, 0.2) is 0 Å². The van der Waals surface area contributed by atoms with Gasteiger partial charge in [-0.25, -0.2) is 4.79 Å². The van der Waals surface area contributed by atoms with Crippen LogP contribution in [0.25, 0.3) is 0 Å². The first-order chi connectivity index (χ1) is 9.71. The number of ether oxygens (including phenoxy) is 1. The molecule has 1 saturated heterocycles. The number of amides is 1. The fourth-order valence-electron chi connectivity index (χ4n) is 2.05. The molecule has 0 aliphatic carbocycles. The second-order valence-corrected chi connectivity index (χ2v) is 4.46. The summed E-state index contributed by atoms with van der Waals surface area (Å²) < 4.78 is 5.33. The molecule has 1 heterocycles. The number of carbonyl (C=O) groups excluding carboxylic acids is 1. The fourth-order valence-corrected chi connectivity index (χ4v) is 2.05. The summed E-state index contributed by atoms with van der Waals surface area (Å²) in [5.41, 5.74) is 1.05. The van der Waals surface area contributed by atoms with Gasteiger partial charge in [-0.05, 0) is 32.4 Å². The number of carbonyl (C=O) groups is 1. The van der Waals surface area contributed by atoms with E-state index < -0.39 is 0 Å². The van der Waals surface area contributed by atoms with Crippen LogP contribution >= 0.6 is 0 Å². The van der Waals surface area contributed by atoms with Crippen LogP contribution in [0.5, 0.6) is 0 Å². The van der Waals surface area contributed by atoms with E-state index >= 15 is 0 Å². The lowest BCUT2D eigenvalue weighted by atomic mass is 10.2. The number of hydrogen-bond donors (Lipinski definition) is 1. The molecular weight excluding hydrogens is 252 g/mol. The van der Waals surface area contributed by atoms with E-state index in [1.165, 1.54) is 0 Å². The molecule has 1 aliphatic heterocycles. The SMILES string of the molecule is C/C=C\C(=C/CC)COC(=O)N1CCC(NC)C1.CC. The van der Waals surface area contributed by atoms with E-state index in [1.54, 1.807) is 4.90 Å². The van der Waals surface area contributed by atoms with Gasteiger partial charge in [-0.2, -0.15) is 0 Å². The Morgan fingerprint density at radius 2 is 2.15 bits per heavy atom. The Morgan fingerprint density at radius 3 is 2.65 bits per heavy atom. The number of nitrogens with zero attached hydrogens (tertiary/aromatic N) is 1. The quantitative estimate of drug-likeness (QED) is 0.786. The molecule has 1 aliphatic rings. The van der Waals surface area contributed by atoms with Gasteiger partial charge in [0.2, 0.25) is 0 Å².